The lowest BCUT2D eigenvalue weighted by atomic mass is 10.00. The minimum Gasteiger partial charge on any atom is -0.365 e. The van der Waals surface area contributed by atoms with Gasteiger partial charge in [0, 0.05) is 0 Å². The summed E-state index contributed by atoms with van der Waals surface area (Å²) in [6.45, 7) is 1.69. The summed E-state index contributed by atoms with van der Waals surface area (Å²) in [4.78, 5) is 9.42. The molecule has 6 heavy (non-hydrogen) atoms. The van der Waals surface area contributed by atoms with Crippen LogP contribution in [0.2, 0.25) is 0 Å². The molecule has 1 atom stereocenters. The quantitative estimate of drug-likeness (QED) is 0.345. The number of rotatable bonds is 2. The van der Waals surface area contributed by atoms with E-state index in [1.807, 2.05) is 0 Å². The van der Waals surface area contributed by atoms with Gasteiger partial charge >= 0.3 is 0 Å². The van der Waals surface area contributed by atoms with Crippen molar-refractivity contribution in [1.82, 2.24) is 5.32 Å². The summed E-state index contributed by atoms with van der Waals surface area (Å²) in [5.41, 5.74) is 0. The molecule has 0 rings (SSSR count). The standard InChI is InChI=1S/C3H6BNO/c1-3(4)5-2-6/h2-3H,1H3,(H,5,6). The average molecular weight is 82.9 g/mol. The molecule has 0 bridgehead atoms. The van der Waals surface area contributed by atoms with Crippen LogP contribution in [0.4, 0.5) is 0 Å². The second-order valence-corrected chi connectivity index (χ2v) is 1.07. The first-order chi connectivity index (χ1) is 2.77. The second kappa shape index (κ2) is 2.76. The van der Waals surface area contributed by atoms with E-state index < -0.39 is 0 Å². The number of hydrogen-bond acceptors (Lipinski definition) is 1. The summed E-state index contributed by atoms with van der Waals surface area (Å²) < 4.78 is 0. The lowest BCUT2D eigenvalue weighted by molar-refractivity contribution is -0.109. The zero-order valence-corrected chi connectivity index (χ0v) is 3.64. The fourth-order valence-corrected chi connectivity index (χ4v) is 0.107. The second-order valence-electron chi connectivity index (χ2n) is 1.07. The minimum absolute atomic E-state index is 0.220. The van der Waals surface area contributed by atoms with Crippen LogP contribution in [0.3, 0.4) is 0 Å². The van der Waals surface area contributed by atoms with Crippen LogP contribution in [-0.2, 0) is 4.79 Å². The number of nitrogens with one attached hydrogen (secondary N) is 1. The van der Waals surface area contributed by atoms with Gasteiger partial charge in [0.1, 0.15) is 0 Å². The molecule has 3 heteroatoms. The van der Waals surface area contributed by atoms with Crippen molar-refractivity contribution < 1.29 is 4.79 Å². The molecular formula is C3H6BNO. The van der Waals surface area contributed by atoms with E-state index >= 15 is 0 Å². The molecule has 0 aromatic rings. The van der Waals surface area contributed by atoms with Crippen molar-refractivity contribution in [3.63, 3.8) is 0 Å². The Bertz CT molecular complexity index is 46.1. The lowest BCUT2D eigenvalue weighted by Gasteiger charge is -1.96. The molecule has 1 amide bonds. The molecule has 0 aromatic carbocycles. The highest BCUT2D eigenvalue weighted by Crippen LogP contribution is 1.59. The lowest BCUT2D eigenvalue weighted by Crippen LogP contribution is -2.23. The SMILES string of the molecule is [B]C(C)NC=O. The Morgan fingerprint density at radius 2 is 2.50 bits per heavy atom. The van der Waals surface area contributed by atoms with Gasteiger partial charge in [0.15, 0.2) is 0 Å². The van der Waals surface area contributed by atoms with E-state index in [0.717, 1.165) is 0 Å². The Balaban J connectivity index is 2.81. The van der Waals surface area contributed by atoms with Crippen LogP contribution in [0.15, 0.2) is 0 Å². The maximum Gasteiger partial charge on any atom is 0.206 e. The minimum atomic E-state index is -0.220. The maximum absolute atomic E-state index is 9.42. The van der Waals surface area contributed by atoms with Crippen molar-refractivity contribution >= 4 is 14.3 Å². The molecular weight excluding hydrogens is 76.9 g/mol. The molecule has 2 nitrogen and oxygen atoms in total. The highest BCUT2D eigenvalue weighted by molar-refractivity contribution is 6.12. The van der Waals surface area contributed by atoms with Crippen LogP contribution < -0.4 is 5.32 Å². The molecule has 0 aliphatic heterocycles. The van der Waals surface area contributed by atoms with Gasteiger partial charge in [-0.3, -0.25) is 4.79 Å². The largest absolute Gasteiger partial charge is 0.365 e. The van der Waals surface area contributed by atoms with Crippen molar-refractivity contribution in [2.75, 3.05) is 0 Å². The van der Waals surface area contributed by atoms with Gasteiger partial charge in [-0.05, 0) is 5.94 Å². The van der Waals surface area contributed by atoms with Crippen molar-refractivity contribution in [2.45, 2.75) is 12.9 Å². The molecule has 0 aliphatic carbocycles. The van der Waals surface area contributed by atoms with Gasteiger partial charge in [-0.2, -0.15) is 0 Å². The van der Waals surface area contributed by atoms with E-state index in [4.69, 9.17) is 7.85 Å². The summed E-state index contributed by atoms with van der Waals surface area (Å²) in [5.74, 6) is -0.220. The summed E-state index contributed by atoms with van der Waals surface area (Å²) in [7, 11) is 5.06. The molecule has 0 saturated carbocycles. The number of carbonyl (C=O) groups excluding carboxylic acids is 1. The Hall–Kier alpha value is -0.465. The van der Waals surface area contributed by atoms with Gasteiger partial charge < -0.3 is 5.32 Å². The smallest absolute Gasteiger partial charge is 0.206 e. The van der Waals surface area contributed by atoms with Crippen LogP contribution >= 0.6 is 0 Å². The van der Waals surface area contributed by atoms with Crippen LogP contribution in [0.25, 0.3) is 0 Å². The zero-order valence-electron chi connectivity index (χ0n) is 3.64. The molecule has 0 spiro atoms. The summed E-state index contributed by atoms with van der Waals surface area (Å²) in [6, 6.07) is 0. The first-order valence-corrected chi connectivity index (χ1v) is 1.72. The van der Waals surface area contributed by atoms with Crippen molar-refractivity contribution in [2.24, 2.45) is 0 Å². The van der Waals surface area contributed by atoms with Crippen molar-refractivity contribution in [3.05, 3.63) is 0 Å². The fourth-order valence-electron chi connectivity index (χ4n) is 0.107. The van der Waals surface area contributed by atoms with Gasteiger partial charge in [-0.25, -0.2) is 0 Å². The van der Waals surface area contributed by atoms with Crippen LogP contribution in [0.1, 0.15) is 6.92 Å². The highest BCUT2D eigenvalue weighted by Gasteiger charge is 1.81. The molecule has 0 saturated heterocycles. The number of carbonyl (C=O) groups is 1. The molecule has 0 aliphatic rings. The van der Waals surface area contributed by atoms with E-state index in [-0.39, 0.29) is 5.94 Å². The van der Waals surface area contributed by atoms with Crippen molar-refractivity contribution in [3.8, 4) is 0 Å². The molecule has 0 heterocycles. The monoisotopic (exact) mass is 83.1 g/mol. The molecule has 2 radical (unpaired) electrons. The summed E-state index contributed by atoms with van der Waals surface area (Å²) >= 11 is 0. The molecule has 32 valence electrons. The Kier molecular flexibility index (Phi) is 2.54. The van der Waals surface area contributed by atoms with Gasteiger partial charge in [0.05, 0.1) is 7.85 Å². The van der Waals surface area contributed by atoms with E-state index in [0.29, 0.717) is 6.41 Å². The third-order valence-electron chi connectivity index (χ3n) is 0.331. The molecule has 1 N–H and O–H groups in total. The Labute approximate surface area is 38.3 Å². The van der Waals surface area contributed by atoms with E-state index in [1.165, 1.54) is 0 Å². The van der Waals surface area contributed by atoms with Crippen LogP contribution in [-0.4, -0.2) is 20.2 Å². The molecule has 0 aromatic heterocycles. The third-order valence-corrected chi connectivity index (χ3v) is 0.331. The van der Waals surface area contributed by atoms with E-state index in [1.54, 1.807) is 6.92 Å². The summed E-state index contributed by atoms with van der Waals surface area (Å²) in [6.07, 6.45) is 0.574. The first kappa shape index (κ1) is 5.53. The highest BCUT2D eigenvalue weighted by atomic mass is 16.1. The van der Waals surface area contributed by atoms with Gasteiger partial charge in [-0.1, -0.05) is 6.92 Å². The molecule has 0 fully saturated rings. The Morgan fingerprint density at radius 1 is 2.00 bits per heavy atom. The predicted octanol–water partition coefficient (Wildman–Crippen LogP) is -0.753. The topological polar surface area (TPSA) is 29.1 Å². The fraction of sp³-hybridized carbons (Fsp3) is 0.667. The number of amides is 1. The predicted molar refractivity (Wildman–Crippen MR) is 24.4 cm³/mol. The van der Waals surface area contributed by atoms with Crippen molar-refractivity contribution in [1.29, 1.82) is 0 Å². The average Bonchev–Trinajstić information content (AvgIpc) is 1.35. The summed E-state index contributed by atoms with van der Waals surface area (Å²) in [5, 5.41) is 2.31. The normalized spacial score (nSPS) is 12.8. The van der Waals surface area contributed by atoms with Crippen LogP contribution in [0.5, 0.6) is 0 Å². The van der Waals surface area contributed by atoms with Gasteiger partial charge in [0.25, 0.3) is 0 Å². The maximum atomic E-state index is 9.42. The number of hydrogen-bond donors (Lipinski definition) is 1. The molecule has 1 unspecified atom stereocenters. The zero-order chi connectivity index (χ0) is 4.99. The van der Waals surface area contributed by atoms with E-state index in [2.05, 4.69) is 5.32 Å². The first-order valence-electron chi connectivity index (χ1n) is 1.72. The van der Waals surface area contributed by atoms with E-state index in [9.17, 15) is 4.79 Å². The third kappa shape index (κ3) is 3.53. The van der Waals surface area contributed by atoms with Gasteiger partial charge in [0.2, 0.25) is 6.41 Å². The Morgan fingerprint density at radius 3 is 2.50 bits per heavy atom. The van der Waals surface area contributed by atoms with Gasteiger partial charge in [-0.15, -0.1) is 0 Å². The van der Waals surface area contributed by atoms with Crippen LogP contribution in [0, 0.1) is 0 Å².